The Morgan fingerprint density at radius 2 is 2.14 bits per heavy atom. The summed E-state index contributed by atoms with van der Waals surface area (Å²) in [5.74, 6) is 0. The Balaban J connectivity index is 2.08. The van der Waals surface area contributed by atoms with Gasteiger partial charge in [-0.15, -0.1) is 0 Å². The molecule has 21 heavy (non-hydrogen) atoms. The van der Waals surface area contributed by atoms with E-state index in [9.17, 15) is 0 Å². The first-order valence-electron chi connectivity index (χ1n) is 7.99. The molecule has 1 aliphatic rings. The molecule has 0 amide bonds. The number of aryl methyl sites for hydroxylation is 2. The molecule has 2 atom stereocenters. The minimum atomic E-state index is 0.0128. The van der Waals surface area contributed by atoms with Gasteiger partial charge in [0, 0.05) is 26.2 Å². The smallest absolute Gasteiger partial charge is 0.0777 e. The van der Waals surface area contributed by atoms with Crippen LogP contribution in [0.3, 0.4) is 0 Å². The van der Waals surface area contributed by atoms with Gasteiger partial charge in [-0.1, -0.05) is 23.8 Å². The van der Waals surface area contributed by atoms with Crippen LogP contribution in [-0.4, -0.2) is 44.3 Å². The average molecular weight is 290 g/mol. The molecule has 1 aromatic rings. The van der Waals surface area contributed by atoms with Gasteiger partial charge in [-0.3, -0.25) is 4.90 Å². The first kappa shape index (κ1) is 16.5. The molecule has 0 aromatic heterocycles. The summed E-state index contributed by atoms with van der Waals surface area (Å²) in [4.78, 5) is 2.54. The molecular weight excluding hydrogens is 260 g/mol. The Hall–Kier alpha value is -0.900. The SMILES string of the molecule is CNC(CN1CCCC(C)(OC)C1)c1ccc(C)cc1C. The molecule has 3 heteroatoms. The molecule has 1 saturated heterocycles. The maximum Gasteiger partial charge on any atom is 0.0777 e. The van der Waals surface area contributed by atoms with Gasteiger partial charge in [0.25, 0.3) is 0 Å². The number of methoxy groups -OCH3 is 1. The molecule has 1 heterocycles. The Morgan fingerprint density at radius 1 is 1.38 bits per heavy atom. The summed E-state index contributed by atoms with van der Waals surface area (Å²) >= 11 is 0. The predicted octanol–water partition coefficient (Wildman–Crippen LogP) is 3.06. The standard InChI is InChI=1S/C18H30N2O/c1-14-7-8-16(15(2)11-14)17(19-4)12-20-10-6-9-18(3,13-20)21-5/h7-8,11,17,19H,6,9-10,12-13H2,1-5H3. The fourth-order valence-electron chi connectivity index (χ4n) is 3.45. The summed E-state index contributed by atoms with van der Waals surface area (Å²) in [7, 11) is 3.90. The third kappa shape index (κ3) is 4.06. The maximum atomic E-state index is 5.71. The van der Waals surface area contributed by atoms with Crippen LogP contribution < -0.4 is 5.32 Å². The number of nitrogens with zero attached hydrogens (tertiary/aromatic N) is 1. The summed E-state index contributed by atoms with van der Waals surface area (Å²) in [5, 5.41) is 3.49. The van der Waals surface area contributed by atoms with Gasteiger partial charge < -0.3 is 10.1 Å². The molecule has 1 N–H and O–H groups in total. The second kappa shape index (κ2) is 6.91. The van der Waals surface area contributed by atoms with Crippen LogP contribution in [0.25, 0.3) is 0 Å². The number of likely N-dealkylation sites (N-methyl/N-ethyl adjacent to an activating group) is 1. The van der Waals surface area contributed by atoms with E-state index in [0.29, 0.717) is 6.04 Å². The van der Waals surface area contributed by atoms with Crippen molar-refractivity contribution in [3.05, 3.63) is 34.9 Å². The number of hydrogen-bond acceptors (Lipinski definition) is 3. The van der Waals surface area contributed by atoms with E-state index in [-0.39, 0.29) is 5.60 Å². The molecule has 2 unspecified atom stereocenters. The van der Waals surface area contributed by atoms with Crippen molar-refractivity contribution in [2.75, 3.05) is 33.8 Å². The molecule has 1 aromatic carbocycles. The normalized spacial score (nSPS) is 25.0. The summed E-state index contributed by atoms with van der Waals surface area (Å²) in [5.41, 5.74) is 4.13. The Kier molecular flexibility index (Phi) is 5.42. The Morgan fingerprint density at radius 3 is 2.76 bits per heavy atom. The summed E-state index contributed by atoms with van der Waals surface area (Å²) in [6.07, 6.45) is 2.38. The second-order valence-corrected chi connectivity index (χ2v) is 6.69. The van der Waals surface area contributed by atoms with Crippen molar-refractivity contribution < 1.29 is 4.74 Å². The number of rotatable bonds is 5. The summed E-state index contributed by atoms with van der Waals surface area (Å²) in [6.45, 7) is 9.82. The fraction of sp³-hybridized carbons (Fsp3) is 0.667. The largest absolute Gasteiger partial charge is 0.377 e. The first-order valence-corrected chi connectivity index (χ1v) is 7.99. The number of nitrogens with one attached hydrogen (secondary N) is 1. The first-order chi connectivity index (χ1) is 9.97. The topological polar surface area (TPSA) is 24.5 Å². The van der Waals surface area contributed by atoms with Crippen LogP contribution in [0.2, 0.25) is 0 Å². The number of benzene rings is 1. The average Bonchev–Trinajstić information content (AvgIpc) is 2.45. The van der Waals surface area contributed by atoms with Crippen LogP contribution in [0, 0.1) is 13.8 Å². The molecule has 2 rings (SSSR count). The quantitative estimate of drug-likeness (QED) is 0.902. The van der Waals surface area contributed by atoms with E-state index in [2.05, 4.69) is 56.2 Å². The Bertz CT molecular complexity index is 474. The van der Waals surface area contributed by atoms with Crippen molar-refractivity contribution in [2.45, 2.75) is 45.3 Å². The fourth-order valence-corrected chi connectivity index (χ4v) is 3.45. The lowest BCUT2D eigenvalue weighted by Crippen LogP contribution is -2.49. The highest BCUT2D eigenvalue weighted by Crippen LogP contribution is 2.26. The predicted molar refractivity (Wildman–Crippen MR) is 88.8 cm³/mol. The van der Waals surface area contributed by atoms with Gasteiger partial charge in [0.1, 0.15) is 0 Å². The van der Waals surface area contributed by atoms with Crippen molar-refractivity contribution in [3.8, 4) is 0 Å². The summed E-state index contributed by atoms with van der Waals surface area (Å²) < 4.78 is 5.71. The molecule has 1 aliphatic heterocycles. The van der Waals surface area contributed by atoms with Crippen molar-refractivity contribution in [2.24, 2.45) is 0 Å². The lowest BCUT2D eigenvalue weighted by atomic mass is 9.93. The lowest BCUT2D eigenvalue weighted by Gasteiger charge is -2.41. The molecule has 118 valence electrons. The Labute approximate surface area is 129 Å². The molecule has 0 saturated carbocycles. The van der Waals surface area contributed by atoms with Gasteiger partial charge in [0.15, 0.2) is 0 Å². The lowest BCUT2D eigenvalue weighted by molar-refractivity contribution is -0.0522. The maximum absolute atomic E-state index is 5.71. The number of likely N-dealkylation sites (tertiary alicyclic amines) is 1. The second-order valence-electron chi connectivity index (χ2n) is 6.69. The van der Waals surface area contributed by atoms with E-state index in [1.807, 2.05) is 7.11 Å². The van der Waals surface area contributed by atoms with E-state index in [0.717, 1.165) is 19.5 Å². The van der Waals surface area contributed by atoms with Gasteiger partial charge in [-0.05, 0) is 58.3 Å². The van der Waals surface area contributed by atoms with Crippen molar-refractivity contribution in [1.82, 2.24) is 10.2 Å². The highest BCUT2D eigenvalue weighted by atomic mass is 16.5. The minimum absolute atomic E-state index is 0.0128. The number of ether oxygens (including phenoxy) is 1. The third-order valence-electron chi connectivity index (χ3n) is 4.82. The van der Waals surface area contributed by atoms with Gasteiger partial charge in [0.05, 0.1) is 5.60 Å². The minimum Gasteiger partial charge on any atom is -0.377 e. The summed E-state index contributed by atoms with van der Waals surface area (Å²) in [6, 6.07) is 7.13. The number of hydrogen-bond donors (Lipinski definition) is 1. The van der Waals surface area contributed by atoms with Crippen LogP contribution in [0.5, 0.6) is 0 Å². The van der Waals surface area contributed by atoms with Crippen molar-refractivity contribution in [3.63, 3.8) is 0 Å². The zero-order chi connectivity index (χ0) is 15.5. The molecule has 0 radical (unpaired) electrons. The van der Waals surface area contributed by atoms with Crippen molar-refractivity contribution >= 4 is 0 Å². The van der Waals surface area contributed by atoms with Gasteiger partial charge >= 0.3 is 0 Å². The van der Waals surface area contributed by atoms with E-state index in [4.69, 9.17) is 4.74 Å². The zero-order valence-corrected chi connectivity index (χ0v) is 14.2. The van der Waals surface area contributed by atoms with E-state index < -0.39 is 0 Å². The molecule has 0 bridgehead atoms. The molecule has 3 nitrogen and oxygen atoms in total. The monoisotopic (exact) mass is 290 g/mol. The van der Waals surface area contributed by atoms with Crippen LogP contribution in [0.1, 0.15) is 42.5 Å². The van der Waals surface area contributed by atoms with Crippen LogP contribution >= 0.6 is 0 Å². The highest BCUT2D eigenvalue weighted by Gasteiger charge is 2.31. The van der Waals surface area contributed by atoms with Gasteiger partial charge in [-0.25, -0.2) is 0 Å². The molecule has 1 fully saturated rings. The van der Waals surface area contributed by atoms with E-state index >= 15 is 0 Å². The highest BCUT2D eigenvalue weighted by molar-refractivity contribution is 5.33. The van der Waals surface area contributed by atoms with E-state index in [1.165, 1.54) is 29.7 Å². The van der Waals surface area contributed by atoms with E-state index in [1.54, 1.807) is 0 Å². The zero-order valence-electron chi connectivity index (χ0n) is 14.2. The van der Waals surface area contributed by atoms with Crippen molar-refractivity contribution in [1.29, 1.82) is 0 Å². The van der Waals surface area contributed by atoms with Crippen LogP contribution in [0.15, 0.2) is 18.2 Å². The van der Waals surface area contributed by atoms with Gasteiger partial charge in [0.2, 0.25) is 0 Å². The van der Waals surface area contributed by atoms with Crippen LogP contribution in [-0.2, 0) is 4.74 Å². The molecular formula is C18H30N2O. The molecule has 0 spiro atoms. The van der Waals surface area contributed by atoms with Crippen LogP contribution in [0.4, 0.5) is 0 Å². The molecule has 0 aliphatic carbocycles. The number of piperidine rings is 1. The third-order valence-corrected chi connectivity index (χ3v) is 4.82. The van der Waals surface area contributed by atoms with Gasteiger partial charge in [-0.2, -0.15) is 0 Å².